The Hall–Kier alpha value is -0.860. The van der Waals surface area contributed by atoms with Crippen molar-refractivity contribution in [3.63, 3.8) is 0 Å². The van der Waals surface area contributed by atoms with Crippen LogP contribution in [0.3, 0.4) is 0 Å². The maximum atomic E-state index is 5.67. The van der Waals surface area contributed by atoms with E-state index in [0.29, 0.717) is 18.2 Å². The zero-order chi connectivity index (χ0) is 13.1. The van der Waals surface area contributed by atoms with Crippen molar-refractivity contribution < 1.29 is 4.74 Å². The van der Waals surface area contributed by atoms with Gasteiger partial charge in [-0.05, 0) is 43.2 Å². The van der Waals surface area contributed by atoms with Crippen molar-refractivity contribution in [1.82, 2.24) is 5.32 Å². The molecule has 2 nitrogen and oxygen atoms in total. The molecule has 0 radical (unpaired) electrons. The molecule has 2 aliphatic carbocycles. The number of nitrogens with one attached hydrogen (secondary N) is 1. The second-order valence-electron chi connectivity index (χ2n) is 5.98. The number of rotatable bonds is 3. The van der Waals surface area contributed by atoms with Gasteiger partial charge in [-0.15, -0.1) is 0 Å². The Labute approximate surface area is 116 Å². The first-order chi connectivity index (χ1) is 9.38. The van der Waals surface area contributed by atoms with E-state index in [1.165, 1.54) is 56.1 Å². The first-order valence-corrected chi connectivity index (χ1v) is 7.75. The third kappa shape index (κ3) is 2.85. The molecule has 3 atom stereocenters. The molecule has 0 unspecified atom stereocenters. The molecule has 104 valence electrons. The summed E-state index contributed by atoms with van der Waals surface area (Å²) >= 11 is 0. The maximum Gasteiger partial charge on any atom is 0.0724 e. The van der Waals surface area contributed by atoms with Crippen molar-refractivity contribution in [3.05, 3.63) is 35.4 Å². The molecule has 3 rings (SSSR count). The lowest BCUT2D eigenvalue weighted by atomic mass is 9.85. The fraction of sp³-hybridized carbons (Fsp3) is 0.647. The Balaban J connectivity index is 1.73. The number of benzene rings is 1. The van der Waals surface area contributed by atoms with Crippen molar-refractivity contribution in [2.24, 2.45) is 0 Å². The van der Waals surface area contributed by atoms with Gasteiger partial charge in [0.2, 0.25) is 0 Å². The smallest absolute Gasteiger partial charge is 0.0724 e. The molecule has 2 aliphatic rings. The second kappa shape index (κ2) is 6.06. The summed E-state index contributed by atoms with van der Waals surface area (Å²) in [6, 6.07) is 10.0. The number of fused-ring (bicyclic) bond motifs is 1. The summed E-state index contributed by atoms with van der Waals surface area (Å²) < 4.78 is 5.67. The molecule has 0 amide bonds. The van der Waals surface area contributed by atoms with Gasteiger partial charge in [0.25, 0.3) is 0 Å². The molecule has 1 aromatic rings. The fourth-order valence-corrected chi connectivity index (χ4v) is 3.76. The third-order valence-electron chi connectivity index (χ3n) is 4.79. The van der Waals surface area contributed by atoms with Crippen LogP contribution in [0, 0.1) is 0 Å². The van der Waals surface area contributed by atoms with Crippen LogP contribution in [-0.4, -0.2) is 19.3 Å². The van der Waals surface area contributed by atoms with Gasteiger partial charge < -0.3 is 10.1 Å². The normalized spacial score (nSPS) is 30.9. The van der Waals surface area contributed by atoms with E-state index in [2.05, 4.69) is 29.6 Å². The largest absolute Gasteiger partial charge is 0.380 e. The summed E-state index contributed by atoms with van der Waals surface area (Å²) in [5, 5.41) is 3.89. The summed E-state index contributed by atoms with van der Waals surface area (Å²) in [6.45, 7) is 0. The molecule has 2 heteroatoms. The molecule has 1 saturated carbocycles. The molecule has 1 N–H and O–H groups in total. The van der Waals surface area contributed by atoms with Gasteiger partial charge in [-0.1, -0.05) is 37.1 Å². The molecular formula is C17H25NO. The van der Waals surface area contributed by atoms with Crippen molar-refractivity contribution in [2.75, 3.05) is 7.11 Å². The monoisotopic (exact) mass is 259 g/mol. The number of methoxy groups -OCH3 is 1. The van der Waals surface area contributed by atoms with Crippen molar-refractivity contribution in [1.29, 1.82) is 0 Å². The summed E-state index contributed by atoms with van der Waals surface area (Å²) in [7, 11) is 1.86. The standard InChI is InChI=1S/C17H25NO/c1-19-17-12-5-4-10-16(17)18-15-11-6-8-13-7-2-3-9-14(13)15/h2-3,7,9,15-18H,4-6,8,10-12H2,1H3/t15-,16+,17+/m1/s1. The van der Waals surface area contributed by atoms with Crippen LogP contribution >= 0.6 is 0 Å². The van der Waals surface area contributed by atoms with Crippen LogP contribution in [-0.2, 0) is 11.2 Å². The van der Waals surface area contributed by atoms with Gasteiger partial charge in [0.1, 0.15) is 0 Å². The van der Waals surface area contributed by atoms with Crippen molar-refractivity contribution in [3.8, 4) is 0 Å². The second-order valence-corrected chi connectivity index (χ2v) is 5.98. The van der Waals surface area contributed by atoms with Crippen LogP contribution in [0.1, 0.15) is 55.7 Å². The van der Waals surface area contributed by atoms with E-state index in [-0.39, 0.29) is 0 Å². The molecule has 0 bridgehead atoms. The predicted octanol–water partition coefficient (Wildman–Crippen LogP) is 3.61. The highest BCUT2D eigenvalue weighted by molar-refractivity contribution is 5.32. The molecular weight excluding hydrogens is 234 g/mol. The Kier molecular flexibility index (Phi) is 4.19. The lowest BCUT2D eigenvalue weighted by molar-refractivity contribution is 0.0368. The van der Waals surface area contributed by atoms with Gasteiger partial charge in [0, 0.05) is 19.2 Å². The fourth-order valence-electron chi connectivity index (χ4n) is 3.76. The SMILES string of the molecule is CO[C@H]1CCCC[C@@H]1N[C@@H]1CCCc2ccccc21. The van der Waals surface area contributed by atoms with Crippen molar-refractivity contribution in [2.45, 2.75) is 63.1 Å². The van der Waals surface area contributed by atoms with Gasteiger partial charge in [0.05, 0.1) is 6.10 Å². The van der Waals surface area contributed by atoms with Crippen LogP contribution in [0.5, 0.6) is 0 Å². The minimum absolute atomic E-state index is 0.405. The first-order valence-electron chi connectivity index (χ1n) is 7.75. The van der Waals surface area contributed by atoms with Crippen LogP contribution in [0.4, 0.5) is 0 Å². The molecule has 0 aromatic heterocycles. The van der Waals surface area contributed by atoms with E-state index in [1.807, 2.05) is 7.11 Å². The Morgan fingerprint density at radius 1 is 1.05 bits per heavy atom. The predicted molar refractivity (Wildman–Crippen MR) is 78.3 cm³/mol. The summed E-state index contributed by atoms with van der Waals surface area (Å²) in [5.74, 6) is 0. The Morgan fingerprint density at radius 3 is 2.79 bits per heavy atom. The quantitative estimate of drug-likeness (QED) is 0.895. The van der Waals surface area contributed by atoms with E-state index in [0.717, 1.165) is 0 Å². The highest BCUT2D eigenvalue weighted by Gasteiger charge is 2.29. The third-order valence-corrected chi connectivity index (χ3v) is 4.79. The maximum absolute atomic E-state index is 5.67. The number of ether oxygens (including phenoxy) is 1. The average Bonchev–Trinajstić information content (AvgIpc) is 2.48. The molecule has 0 saturated heterocycles. The Morgan fingerprint density at radius 2 is 1.89 bits per heavy atom. The molecule has 0 aliphatic heterocycles. The van der Waals surface area contributed by atoms with Crippen LogP contribution in [0.2, 0.25) is 0 Å². The van der Waals surface area contributed by atoms with Crippen molar-refractivity contribution >= 4 is 0 Å². The van der Waals surface area contributed by atoms with E-state index in [4.69, 9.17) is 4.74 Å². The van der Waals surface area contributed by atoms with Gasteiger partial charge in [-0.3, -0.25) is 0 Å². The number of aryl methyl sites for hydroxylation is 1. The molecule has 0 spiro atoms. The first kappa shape index (κ1) is 13.1. The lowest BCUT2D eigenvalue weighted by Crippen LogP contribution is -2.45. The number of hydrogen-bond acceptors (Lipinski definition) is 2. The van der Waals surface area contributed by atoms with Crippen LogP contribution in [0.15, 0.2) is 24.3 Å². The summed E-state index contributed by atoms with van der Waals surface area (Å²) in [4.78, 5) is 0. The van der Waals surface area contributed by atoms with Crippen LogP contribution < -0.4 is 5.32 Å². The highest BCUT2D eigenvalue weighted by atomic mass is 16.5. The summed E-state index contributed by atoms with van der Waals surface area (Å²) in [6.07, 6.45) is 9.35. The zero-order valence-corrected chi connectivity index (χ0v) is 11.9. The highest BCUT2D eigenvalue weighted by Crippen LogP contribution is 2.32. The Bertz CT molecular complexity index is 417. The van der Waals surface area contributed by atoms with E-state index < -0.39 is 0 Å². The van der Waals surface area contributed by atoms with Gasteiger partial charge in [0.15, 0.2) is 0 Å². The van der Waals surface area contributed by atoms with E-state index in [9.17, 15) is 0 Å². The average molecular weight is 259 g/mol. The minimum Gasteiger partial charge on any atom is -0.380 e. The molecule has 1 fully saturated rings. The zero-order valence-electron chi connectivity index (χ0n) is 11.9. The number of hydrogen-bond donors (Lipinski definition) is 1. The topological polar surface area (TPSA) is 21.3 Å². The van der Waals surface area contributed by atoms with Gasteiger partial charge in [-0.25, -0.2) is 0 Å². The molecule has 1 aromatic carbocycles. The van der Waals surface area contributed by atoms with E-state index >= 15 is 0 Å². The lowest BCUT2D eigenvalue weighted by Gasteiger charge is -2.36. The summed E-state index contributed by atoms with van der Waals surface area (Å²) in [5.41, 5.74) is 3.06. The minimum atomic E-state index is 0.405. The van der Waals surface area contributed by atoms with Gasteiger partial charge in [-0.2, -0.15) is 0 Å². The van der Waals surface area contributed by atoms with Gasteiger partial charge >= 0.3 is 0 Å². The molecule has 0 heterocycles. The van der Waals surface area contributed by atoms with Crippen LogP contribution in [0.25, 0.3) is 0 Å². The van der Waals surface area contributed by atoms with E-state index in [1.54, 1.807) is 0 Å². The molecule has 19 heavy (non-hydrogen) atoms.